The molecule has 0 saturated carbocycles. The molecule has 0 aliphatic carbocycles. The molecule has 1 aliphatic rings. The maximum absolute atomic E-state index is 13.0. The van der Waals surface area contributed by atoms with Gasteiger partial charge in [0, 0.05) is 18.8 Å². The number of hydrogen-bond donors (Lipinski definition) is 2. The molecule has 6 heteroatoms. The molecule has 3 N–H and O–H groups in total. The van der Waals surface area contributed by atoms with Crippen LogP contribution >= 0.6 is 12.4 Å². The third kappa shape index (κ3) is 4.65. The average Bonchev–Trinajstić information content (AvgIpc) is 2.40. The largest absolute Gasteiger partial charge is 0.330 e. The molecular formula is C14H21ClFN3O. The van der Waals surface area contributed by atoms with E-state index in [2.05, 4.69) is 5.32 Å². The van der Waals surface area contributed by atoms with Crippen LogP contribution in [-0.4, -0.2) is 30.6 Å². The Bertz CT molecular complexity index is 436. The van der Waals surface area contributed by atoms with E-state index in [1.54, 1.807) is 17.0 Å². The van der Waals surface area contributed by atoms with E-state index in [1.807, 2.05) is 0 Å². The SMILES string of the molecule is Cl.NCCC1CCN(C(=O)Nc2cccc(F)c2)CC1. The number of likely N-dealkylation sites (tertiary alicyclic amines) is 1. The molecule has 2 rings (SSSR count). The Kier molecular flexibility index (Phi) is 6.75. The summed E-state index contributed by atoms with van der Waals surface area (Å²) in [6.07, 6.45) is 3.01. The molecule has 20 heavy (non-hydrogen) atoms. The molecule has 0 bridgehead atoms. The van der Waals surface area contributed by atoms with Gasteiger partial charge in [-0.3, -0.25) is 0 Å². The highest BCUT2D eigenvalue weighted by atomic mass is 35.5. The van der Waals surface area contributed by atoms with Gasteiger partial charge < -0.3 is 16.0 Å². The Balaban J connectivity index is 0.00000200. The van der Waals surface area contributed by atoms with Crippen molar-refractivity contribution in [1.82, 2.24) is 4.90 Å². The number of benzene rings is 1. The first-order valence-electron chi connectivity index (χ1n) is 6.70. The van der Waals surface area contributed by atoms with Crippen LogP contribution in [0, 0.1) is 11.7 Å². The summed E-state index contributed by atoms with van der Waals surface area (Å²) in [7, 11) is 0. The van der Waals surface area contributed by atoms with Gasteiger partial charge in [0.2, 0.25) is 0 Å². The minimum atomic E-state index is -0.348. The van der Waals surface area contributed by atoms with Gasteiger partial charge in [-0.15, -0.1) is 12.4 Å². The number of rotatable bonds is 3. The third-order valence-corrected chi connectivity index (χ3v) is 3.55. The van der Waals surface area contributed by atoms with Crippen LogP contribution in [0.15, 0.2) is 24.3 Å². The van der Waals surface area contributed by atoms with Gasteiger partial charge in [0.15, 0.2) is 0 Å². The molecule has 2 amide bonds. The van der Waals surface area contributed by atoms with Gasteiger partial charge in [-0.2, -0.15) is 0 Å². The lowest BCUT2D eigenvalue weighted by molar-refractivity contribution is 0.180. The molecule has 1 heterocycles. The molecule has 0 radical (unpaired) electrons. The molecule has 1 aliphatic heterocycles. The van der Waals surface area contributed by atoms with Crippen molar-refractivity contribution < 1.29 is 9.18 Å². The number of urea groups is 1. The Morgan fingerprint density at radius 1 is 1.40 bits per heavy atom. The lowest BCUT2D eigenvalue weighted by Crippen LogP contribution is -2.41. The Morgan fingerprint density at radius 3 is 2.70 bits per heavy atom. The summed E-state index contributed by atoms with van der Waals surface area (Å²) in [4.78, 5) is 13.8. The number of amides is 2. The highest BCUT2D eigenvalue weighted by Crippen LogP contribution is 2.20. The molecule has 0 spiro atoms. The molecule has 0 aromatic heterocycles. The van der Waals surface area contributed by atoms with E-state index < -0.39 is 0 Å². The highest BCUT2D eigenvalue weighted by molar-refractivity contribution is 5.89. The number of carbonyl (C=O) groups excluding carboxylic acids is 1. The Morgan fingerprint density at radius 2 is 2.10 bits per heavy atom. The normalized spacial score (nSPS) is 15.6. The smallest absolute Gasteiger partial charge is 0.321 e. The van der Waals surface area contributed by atoms with Gasteiger partial charge >= 0.3 is 6.03 Å². The van der Waals surface area contributed by atoms with E-state index in [4.69, 9.17) is 5.73 Å². The van der Waals surface area contributed by atoms with Crippen LogP contribution in [0.4, 0.5) is 14.9 Å². The number of carbonyl (C=O) groups is 1. The second-order valence-electron chi connectivity index (χ2n) is 4.95. The number of halogens is 2. The van der Waals surface area contributed by atoms with Crippen molar-refractivity contribution in [3.8, 4) is 0 Å². The first-order chi connectivity index (χ1) is 9.19. The second kappa shape index (κ2) is 8.07. The van der Waals surface area contributed by atoms with E-state index in [1.165, 1.54) is 12.1 Å². The summed E-state index contributed by atoms with van der Waals surface area (Å²) in [6.45, 7) is 2.19. The zero-order valence-corrected chi connectivity index (χ0v) is 12.2. The van der Waals surface area contributed by atoms with Crippen molar-refractivity contribution >= 4 is 24.1 Å². The van der Waals surface area contributed by atoms with Crippen LogP contribution < -0.4 is 11.1 Å². The number of nitrogens with zero attached hydrogens (tertiary/aromatic N) is 1. The summed E-state index contributed by atoms with van der Waals surface area (Å²) in [5.41, 5.74) is 6.04. The highest BCUT2D eigenvalue weighted by Gasteiger charge is 2.22. The zero-order chi connectivity index (χ0) is 13.7. The van der Waals surface area contributed by atoms with Crippen molar-refractivity contribution in [3.05, 3.63) is 30.1 Å². The lowest BCUT2D eigenvalue weighted by atomic mass is 9.94. The van der Waals surface area contributed by atoms with Gasteiger partial charge in [0.1, 0.15) is 5.82 Å². The summed E-state index contributed by atoms with van der Waals surface area (Å²) < 4.78 is 13.0. The minimum Gasteiger partial charge on any atom is -0.330 e. The number of piperidine rings is 1. The summed E-state index contributed by atoms with van der Waals surface area (Å²) >= 11 is 0. The van der Waals surface area contributed by atoms with Crippen LogP contribution in [0.5, 0.6) is 0 Å². The fourth-order valence-electron chi connectivity index (χ4n) is 2.43. The standard InChI is InChI=1S/C14H20FN3O.ClH/c15-12-2-1-3-13(10-12)17-14(19)18-8-5-11(4-7-16)6-9-18;/h1-3,10-11H,4-9,16H2,(H,17,19);1H. The van der Waals surface area contributed by atoms with Crippen molar-refractivity contribution in [2.24, 2.45) is 11.7 Å². The molecule has 0 unspecified atom stereocenters. The molecule has 1 fully saturated rings. The van der Waals surface area contributed by atoms with Crippen LogP contribution in [0.3, 0.4) is 0 Å². The van der Waals surface area contributed by atoms with Crippen molar-refractivity contribution in [3.63, 3.8) is 0 Å². The fourth-order valence-corrected chi connectivity index (χ4v) is 2.43. The maximum atomic E-state index is 13.0. The third-order valence-electron chi connectivity index (χ3n) is 3.55. The Labute approximate surface area is 124 Å². The summed E-state index contributed by atoms with van der Waals surface area (Å²) in [6, 6.07) is 5.78. The number of anilines is 1. The molecule has 1 aromatic rings. The van der Waals surface area contributed by atoms with E-state index in [-0.39, 0.29) is 24.3 Å². The van der Waals surface area contributed by atoms with E-state index in [0.29, 0.717) is 18.2 Å². The van der Waals surface area contributed by atoms with Crippen molar-refractivity contribution in [2.45, 2.75) is 19.3 Å². The maximum Gasteiger partial charge on any atom is 0.321 e. The molecule has 112 valence electrons. The molecular weight excluding hydrogens is 281 g/mol. The molecule has 1 aromatic carbocycles. The molecule has 1 saturated heterocycles. The predicted molar refractivity (Wildman–Crippen MR) is 80.6 cm³/mol. The van der Waals surface area contributed by atoms with Gasteiger partial charge in [-0.05, 0) is 49.9 Å². The second-order valence-corrected chi connectivity index (χ2v) is 4.95. The van der Waals surface area contributed by atoms with Crippen LogP contribution in [0.1, 0.15) is 19.3 Å². The van der Waals surface area contributed by atoms with Gasteiger partial charge in [-0.25, -0.2) is 9.18 Å². The van der Waals surface area contributed by atoms with Crippen LogP contribution in [0.2, 0.25) is 0 Å². The van der Waals surface area contributed by atoms with E-state index >= 15 is 0 Å². The quantitative estimate of drug-likeness (QED) is 0.902. The van der Waals surface area contributed by atoms with Crippen molar-refractivity contribution in [2.75, 3.05) is 25.0 Å². The van der Waals surface area contributed by atoms with E-state index in [0.717, 1.165) is 32.4 Å². The Hall–Kier alpha value is -1.33. The topological polar surface area (TPSA) is 58.4 Å². The number of hydrogen-bond acceptors (Lipinski definition) is 2. The number of nitrogens with two attached hydrogens (primary N) is 1. The monoisotopic (exact) mass is 301 g/mol. The fraction of sp³-hybridized carbons (Fsp3) is 0.500. The van der Waals surface area contributed by atoms with Gasteiger partial charge in [0.25, 0.3) is 0 Å². The first-order valence-corrected chi connectivity index (χ1v) is 6.70. The number of nitrogens with one attached hydrogen (secondary N) is 1. The minimum absolute atomic E-state index is 0. The summed E-state index contributed by atoms with van der Waals surface area (Å²) in [5.74, 6) is 0.280. The molecule has 4 nitrogen and oxygen atoms in total. The van der Waals surface area contributed by atoms with Gasteiger partial charge in [0.05, 0.1) is 0 Å². The van der Waals surface area contributed by atoms with Crippen LogP contribution in [0.25, 0.3) is 0 Å². The van der Waals surface area contributed by atoms with E-state index in [9.17, 15) is 9.18 Å². The average molecular weight is 302 g/mol. The first kappa shape index (κ1) is 16.7. The predicted octanol–water partition coefficient (Wildman–Crippen LogP) is 2.84. The van der Waals surface area contributed by atoms with Crippen molar-refractivity contribution in [1.29, 1.82) is 0 Å². The summed E-state index contributed by atoms with van der Waals surface area (Å²) in [5, 5.41) is 2.72. The lowest BCUT2D eigenvalue weighted by Gasteiger charge is -2.31. The zero-order valence-electron chi connectivity index (χ0n) is 11.3. The van der Waals surface area contributed by atoms with Gasteiger partial charge in [-0.1, -0.05) is 6.07 Å². The molecule has 0 atom stereocenters. The van der Waals surface area contributed by atoms with Crippen LogP contribution in [-0.2, 0) is 0 Å².